The number of nitrogens with zero attached hydrogens (tertiary/aromatic N) is 3. The molecule has 2 aromatic rings. The maximum atomic E-state index is 11.4. The van der Waals surface area contributed by atoms with Crippen LogP contribution in [0.15, 0.2) is 83.9 Å². The summed E-state index contributed by atoms with van der Waals surface area (Å²) in [6.45, 7) is 38.6. The zero-order chi connectivity index (χ0) is 39.2. The first-order chi connectivity index (χ1) is 24.4. The standard InChI is InChI=1S/C19H35N3.C13H14N2S.C9H15NOS.C2H2/c1-14(13-18(3,4)5)21-17(19(6,7)8)15(2)22-12-10-11-16(22)20-9;1-9(2)15-12-8-10(3)4-5-11(12)13-14-6-7-16-13;1-7(8-3-2-4-8)10-12(11)9-5-6-9;1-2/h16-17,21H,1-2,9-13H2,3-8H3;4-8,15H,1H2,2-3H3;8-10H,1-6H2;1-2H/t16-,17?;;;/m0.../s1. The second-order valence-electron chi connectivity index (χ2n) is 16.3. The lowest BCUT2D eigenvalue weighted by molar-refractivity contribution is 0.228. The molecular formula is C43H66N6OS2. The van der Waals surface area contributed by atoms with Gasteiger partial charge in [0.2, 0.25) is 0 Å². The number of anilines is 1. The molecule has 7 nitrogen and oxygen atoms in total. The van der Waals surface area contributed by atoms with Gasteiger partial charge in [-0.15, -0.1) is 24.2 Å². The number of allylic oxidation sites excluding steroid dienone is 3. The number of benzene rings is 1. The van der Waals surface area contributed by atoms with Gasteiger partial charge in [-0.05, 0) is 100.0 Å². The van der Waals surface area contributed by atoms with Crippen LogP contribution >= 0.6 is 11.3 Å². The average Bonchev–Trinajstić information content (AvgIpc) is 3.52. The van der Waals surface area contributed by atoms with Gasteiger partial charge in [0.25, 0.3) is 0 Å². The Bertz CT molecular complexity index is 1540. The van der Waals surface area contributed by atoms with E-state index in [2.05, 4.69) is 143 Å². The lowest BCUT2D eigenvalue weighted by Crippen LogP contribution is -2.47. The van der Waals surface area contributed by atoms with Gasteiger partial charge in [0.15, 0.2) is 0 Å². The van der Waals surface area contributed by atoms with Crippen molar-refractivity contribution in [2.45, 2.75) is 124 Å². The van der Waals surface area contributed by atoms with E-state index in [1.807, 2.05) is 18.5 Å². The quantitative estimate of drug-likeness (QED) is 0.140. The van der Waals surface area contributed by atoms with Crippen LogP contribution in [-0.2, 0) is 11.0 Å². The Morgan fingerprint density at radius 3 is 2.19 bits per heavy atom. The van der Waals surface area contributed by atoms with Gasteiger partial charge in [0.1, 0.15) is 22.2 Å². The maximum Gasteiger partial charge on any atom is 0.125 e. The lowest BCUT2D eigenvalue weighted by atomic mass is 9.83. The Balaban J connectivity index is 0.000000274. The van der Waals surface area contributed by atoms with E-state index in [1.165, 1.54) is 24.8 Å². The minimum absolute atomic E-state index is 0.0617. The van der Waals surface area contributed by atoms with Crippen LogP contribution in [0.25, 0.3) is 10.6 Å². The van der Waals surface area contributed by atoms with Gasteiger partial charge in [0.05, 0.1) is 11.3 Å². The number of thiazole rings is 1. The summed E-state index contributed by atoms with van der Waals surface area (Å²) < 4.78 is 14.4. The molecule has 9 heteroatoms. The maximum absolute atomic E-state index is 11.4. The normalized spacial score (nSPS) is 17.9. The smallest absolute Gasteiger partial charge is 0.125 e. The number of nitrogens with one attached hydrogen (secondary N) is 3. The van der Waals surface area contributed by atoms with Crippen molar-refractivity contribution >= 4 is 34.7 Å². The number of aryl methyl sites for hydroxylation is 1. The summed E-state index contributed by atoms with van der Waals surface area (Å²) in [4.78, 5) is 10.9. The van der Waals surface area contributed by atoms with Crippen LogP contribution in [-0.4, -0.2) is 44.8 Å². The second kappa shape index (κ2) is 20.6. The summed E-state index contributed by atoms with van der Waals surface area (Å²) in [5, 5.41) is 10.3. The third-order valence-corrected chi connectivity index (χ3v) is 11.3. The summed E-state index contributed by atoms with van der Waals surface area (Å²) in [7, 11) is -0.829. The van der Waals surface area contributed by atoms with Crippen LogP contribution in [0.5, 0.6) is 0 Å². The van der Waals surface area contributed by atoms with E-state index in [0.717, 1.165) is 77.7 Å². The van der Waals surface area contributed by atoms with Crippen molar-refractivity contribution in [3.05, 3.63) is 84.4 Å². The minimum atomic E-state index is -0.829. The Labute approximate surface area is 323 Å². The molecule has 2 unspecified atom stereocenters. The Morgan fingerprint density at radius 2 is 1.71 bits per heavy atom. The highest BCUT2D eigenvalue weighted by atomic mass is 32.2. The number of hydrogen-bond donors (Lipinski definition) is 3. The summed E-state index contributed by atoms with van der Waals surface area (Å²) in [5.74, 6) is 0.604. The number of aliphatic imine (C=N–C) groups is 1. The van der Waals surface area contributed by atoms with Crippen LogP contribution in [0, 0.1) is 36.5 Å². The molecular weight excluding hydrogens is 681 g/mol. The third-order valence-electron chi connectivity index (χ3n) is 8.93. The predicted octanol–water partition coefficient (Wildman–Crippen LogP) is 10.6. The van der Waals surface area contributed by atoms with Crippen LogP contribution < -0.4 is 15.4 Å². The fourth-order valence-corrected chi connectivity index (χ4v) is 7.84. The van der Waals surface area contributed by atoms with Gasteiger partial charge in [-0.1, -0.05) is 80.3 Å². The van der Waals surface area contributed by atoms with Gasteiger partial charge in [0, 0.05) is 52.2 Å². The molecule has 0 amide bonds. The van der Waals surface area contributed by atoms with Crippen molar-refractivity contribution < 1.29 is 4.21 Å². The molecule has 1 aromatic carbocycles. The zero-order valence-electron chi connectivity index (χ0n) is 33.3. The van der Waals surface area contributed by atoms with Gasteiger partial charge in [-0.3, -0.25) is 4.99 Å². The fourth-order valence-electron chi connectivity index (χ4n) is 6.00. The molecule has 1 saturated heterocycles. The van der Waals surface area contributed by atoms with E-state index in [0.29, 0.717) is 11.2 Å². The zero-order valence-corrected chi connectivity index (χ0v) is 34.9. The van der Waals surface area contributed by atoms with Gasteiger partial charge < -0.3 is 20.3 Å². The molecule has 0 radical (unpaired) electrons. The van der Waals surface area contributed by atoms with E-state index in [1.54, 1.807) is 11.3 Å². The molecule has 3 aliphatic rings. The molecule has 1 aliphatic heterocycles. The summed E-state index contributed by atoms with van der Waals surface area (Å²) in [6.07, 6.45) is 19.2. The molecule has 1 aromatic heterocycles. The van der Waals surface area contributed by atoms with Gasteiger partial charge in [-0.2, -0.15) is 0 Å². The van der Waals surface area contributed by atoms with Crippen molar-refractivity contribution in [3.63, 3.8) is 0 Å². The van der Waals surface area contributed by atoms with Gasteiger partial charge >= 0.3 is 0 Å². The Kier molecular flexibility index (Phi) is 17.6. The third kappa shape index (κ3) is 14.8. The SMILES string of the molecule is C#C.C=C(C)Nc1cc(C)ccc1-c1nccs1.C=C(NS(=O)C1CC1)C1CCC1.C=N[C@@H]1CCCN1C(=C)C(NC(=C)CC(C)(C)C)C(C)(C)C. The molecule has 286 valence electrons. The van der Waals surface area contributed by atoms with Crippen molar-refractivity contribution in [2.24, 2.45) is 21.7 Å². The van der Waals surface area contributed by atoms with Crippen LogP contribution in [0.3, 0.4) is 0 Å². The van der Waals surface area contributed by atoms with E-state index >= 15 is 0 Å². The lowest BCUT2D eigenvalue weighted by Gasteiger charge is -2.40. The monoisotopic (exact) mass is 746 g/mol. The Morgan fingerprint density at radius 1 is 1.06 bits per heavy atom. The predicted molar refractivity (Wildman–Crippen MR) is 229 cm³/mol. The van der Waals surface area contributed by atoms with Crippen molar-refractivity contribution in [1.29, 1.82) is 0 Å². The number of terminal acetylenes is 1. The first kappa shape index (κ1) is 44.6. The number of likely N-dealkylation sites (tertiary alicyclic amines) is 1. The molecule has 0 spiro atoms. The molecule has 3 N–H and O–H groups in total. The molecule has 0 bridgehead atoms. The Hall–Kier alpha value is -3.61. The average molecular weight is 747 g/mol. The van der Waals surface area contributed by atoms with E-state index < -0.39 is 11.0 Å². The molecule has 3 atom stereocenters. The summed E-state index contributed by atoms with van der Waals surface area (Å²) >= 11 is 1.64. The van der Waals surface area contributed by atoms with E-state index in [4.69, 9.17) is 0 Å². The minimum Gasteiger partial charge on any atom is -0.380 e. The molecule has 52 heavy (non-hydrogen) atoms. The topological polar surface area (TPSA) is 81.6 Å². The number of aromatic nitrogens is 1. The second-order valence-corrected chi connectivity index (χ2v) is 18.7. The molecule has 3 fully saturated rings. The molecule has 2 aliphatic carbocycles. The fraction of sp³-hybridized carbons (Fsp3) is 0.535. The largest absolute Gasteiger partial charge is 0.380 e. The first-order valence-electron chi connectivity index (χ1n) is 18.4. The molecule has 2 heterocycles. The summed E-state index contributed by atoms with van der Waals surface area (Å²) in [6, 6.07) is 6.47. The number of rotatable bonds is 13. The van der Waals surface area contributed by atoms with Crippen LogP contribution in [0.1, 0.15) is 105 Å². The number of hydrogen-bond acceptors (Lipinski definition) is 7. The highest BCUT2D eigenvalue weighted by Gasteiger charge is 2.35. The molecule has 2 saturated carbocycles. The van der Waals surface area contributed by atoms with Gasteiger partial charge in [-0.25, -0.2) is 9.19 Å². The van der Waals surface area contributed by atoms with E-state index in [9.17, 15) is 4.21 Å². The van der Waals surface area contributed by atoms with Crippen molar-refractivity contribution in [2.75, 3.05) is 11.9 Å². The van der Waals surface area contributed by atoms with Crippen LogP contribution in [0.4, 0.5) is 5.69 Å². The molecule has 5 rings (SSSR count). The highest BCUT2D eigenvalue weighted by Crippen LogP contribution is 2.34. The van der Waals surface area contributed by atoms with E-state index in [-0.39, 0.29) is 23.0 Å². The van der Waals surface area contributed by atoms with Crippen molar-refractivity contribution in [1.82, 2.24) is 19.9 Å². The van der Waals surface area contributed by atoms with Crippen molar-refractivity contribution in [3.8, 4) is 23.4 Å². The first-order valence-corrected chi connectivity index (χ1v) is 20.5. The summed E-state index contributed by atoms with van der Waals surface area (Å²) in [5.41, 5.74) is 7.84. The highest BCUT2D eigenvalue weighted by molar-refractivity contribution is 7.84. The van der Waals surface area contributed by atoms with Crippen LogP contribution in [0.2, 0.25) is 0 Å².